The molecule has 0 unspecified atom stereocenters. The zero-order valence-electron chi connectivity index (χ0n) is 12.0. The number of hydrogen-bond acceptors (Lipinski definition) is 2. The first-order valence-corrected chi connectivity index (χ1v) is 7.68. The van der Waals surface area contributed by atoms with Gasteiger partial charge in [0.1, 0.15) is 5.75 Å². The molecule has 2 fully saturated rings. The molecule has 2 nitrogen and oxygen atoms in total. The average molecular weight is 259 g/mol. The minimum absolute atomic E-state index is 0.489. The Morgan fingerprint density at radius 1 is 1.11 bits per heavy atom. The number of hydrogen-bond donors (Lipinski definition) is 1. The Morgan fingerprint density at radius 2 is 1.79 bits per heavy atom. The van der Waals surface area contributed by atoms with Crippen LogP contribution in [0.5, 0.6) is 5.75 Å². The third kappa shape index (κ3) is 2.64. The maximum atomic E-state index is 10.1. The first-order valence-electron chi connectivity index (χ1n) is 7.68. The molecule has 1 aromatic rings. The van der Waals surface area contributed by atoms with Crippen LogP contribution in [-0.4, -0.2) is 23.1 Å². The number of aryl methyl sites for hydroxylation is 1. The van der Waals surface area contributed by atoms with E-state index in [0.717, 1.165) is 17.7 Å². The first kappa shape index (κ1) is 13.0. The van der Waals surface area contributed by atoms with Gasteiger partial charge in [0.2, 0.25) is 0 Å². The minimum Gasteiger partial charge on any atom is -0.507 e. The fraction of sp³-hybridized carbons (Fsp3) is 0.647. The summed E-state index contributed by atoms with van der Waals surface area (Å²) in [4.78, 5) is 2.51. The Bertz CT molecular complexity index is 439. The second kappa shape index (κ2) is 5.16. The highest BCUT2D eigenvalue weighted by Gasteiger charge is 2.36. The molecule has 0 amide bonds. The van der Waals surface area contributed by atoms with Gasteiger partial charge in [-0.15, -0.1) is 0 Å². The molecule has 1 aliphatic heterocycles. The molecule has 2 heteroatoms. The summed E-state index contributed by atoms with van der Waals surface area (Å²) in [6.07, 6.45) is 8.52. The molecule has 1 heterocycles. The Kier molecular flexibility index (Phi) is 3.53. The van der Waals surface area contributed by atoms with Gasteiger partial charge in [0.05, 0.1) is 0 Å². The molecular weight excluding hydrogens is 234 g/mol. The summed E-state index contributed by atoms with van der Waals surface area (Å²) in [6, 6.07) is 6.08. The van der Waals surface area contributed by atoms with Crippen LogP contribution in [0.3, 0.4) is 0 Å². The molecule has 1 saturated heterocycles. The lowest BCUT2D eigenvalue weighted by Crippen LogP contribution is -2.38. The summed E-state index contributed by atoms with van der Waals surface area (Å²) in [5.74, 6) is 0.489. The Hall–Kier alpha value is -1.02. The van der Waals surface area contributed by atoms with E-state index in [2.05, 4.69) is 11.0 Å². The summed E-state index contributed by atoms with van der Waals surface area (Å²) in [6.45, 7) is 5.28. The SMILES string of the molecule is Cc1cccc(CN2CCC3(CCCC3)CC2)c1O. The summed E-state index contributed by atoms with van der Waals surface area (Å²) < 4.78 is 0. The van der Waals surface area contributed by atoms with Crippen LogP contribution in [0, 0.1) is 12.3 Å². The van der Waals surface area contributed by atoms with Gasteiger partial charge < -0.3 is 5.11 Å². The van der Waals surface area contributed by atoms with E-state index in [0.29, 0.717) is 11.2 Å². The highest BCUT2D eigenvalue weighted by atomic mass is 16.3. The van der Waals surface area contributed by atoms with Crippen LogP contribution in [0.15, 0.2) is 18.2 Å². The van der Waals surface area contributed by atoms with Gasteiger partial charge in [-0.25, -0.2) is 0 Å². The molecule has 19 heavy (non-hydrogen) atoms. The van der Waals surface area contributed by atoms with Crippen LogP contribution in [0.25, 0.3) is 0 Å². The van der Waals surface area contributed by atoms with Gasteiger partial charge in [-0.1, -0.05) is 31.0 Å². The van der Waals surface area contributed by atoms with E-state index < -0.39 is 0 Å². The Morgan fingerprint density at radius 3 is 2.47 bits per heavy atom. The normalized spacial score (nSPS) is 23.0. The highest BCUT2D eigenvalue weighted by Crippen LogP contribution is 2.46. The van der Waals surface area contributed by atoms with Crippen molar-refractivity contribution in [1.82, 2.24) is 4.90 Å². The van der Waals surface area contributed by atoms with Crippen molar-refractivity contribution in [3.63, 3.8) is 0 Å². The minimum atomic E-state index is 0.489. The van der Waals surface area contributed by atoms with Crippen LogP contribution in [0.2, 0.25) is 0 Å². The number of aromatic hydroxyl groups is 1. The Labute approximate surface area is 116 Å². The summed E-state index contributed by atoms with van der Waals surface area (Å²) in [5, 5.41) is 10.1. The van der Waals surface area contributed by atoms with E-state index in [-0.39, 0.29) is 0 Å². The zero-order chi connectivity index (χ0) is 13.3. The number of nitrogens with zero attached hydrogens (tertiary/aromatic N) is 1. The van der Waals surface area contributed by atoms with Crippen molar-refractivity contribution in [1.29, 1.82) is 0 Å². The van der Waals surface area contributed by atoms with Gasteiger partial charge in [0, 0.05) is 12.1 Å². The third-order valence-electron chi connectivity index (χ3n) is 5.30. The first-order chi connectivity index (χ1) is 9.19. The lowest BCUT2D eigenvalue weighted by atomic mass is 9.77. The van der Waals surface area contributed by atoms with Crippen molar-refractivity contribution in [3.05, 3.63) is 29.3 Å². The molecule has 1 aromatic carbocycles. The number of rotatable bonds is 2. The van der Waals surface area contributed by atoms with E-state index in [1.807, 2.05) is 19.1 Å². The van der Waals surface area contributed by atoms with Gasteiger partial charge in [-0.3, -0.25) is 4.90 Å². The Balaban J connectivity index is 1.61. The number of benzene rings is 1. The number of para-hydroxylation sites is 1. The third-order valence-corrected chi connectivity index (χ3v) is 5.30. The van der Waals surface area contributed by atoms with Gasteiger partial charge in [-0.2, -0.15) is 0 Å². The van der Waals surface area contributed by atoms with Gasteiger partial charge >= 0.3 is 0 Å². The highest BCUT2D eigenvalue weighted by molar-refractivity contribution is 5.39. The fourth-order valence-electron chi connectivity index (χ4n) is 3.90. The zero-order valence-corrected chi connectivity index (χ0v) is 12.0. The van der Waals surface area contributed by atoms with Crippen molar-refractivity contribution in [3.8, 4) is 5.75 Å². The molecule has 1 N–H and O–H groups in total. The molecule has 0 atom stereocenters. The van der Waals surface area contributed by atoms with Gasteiger partial charge in [-0.05, 0) is 56.7 Å². The molecule has 1 aliphatic carbocycles. The quantitative estimate of drug-likeness (QED) is 0.872. The molecule has 104 valence electrons. The van der Waals surface area contributed by atoms with Crippen LogP contribution >= 0.6 is 0 Å². The van der Waals surface area contributed by atoms with Gasteiger partial charge in [0.15, 0.2) is 0 Å². The van der Waals surface area contributed by atoms with Crippen LogP contribution in [0.4, 0.5) is 0 Å². The van der Waals surface area contributed by atoms with Crippen molar-refractivity contribution in [2.75, 3.05) is 13.1 Å². The summed E-state index contributed by atoms with van der Waals surface area (Å²) in [7, 11) is 0. The molecule has 0 radical (unpaired) electrons. The topological polar surface area (TPSA) is 23.5 Å². The predicted molar refractivity (Wildman–Crippen MR) is 78.3 cm³/mol. The lowest BCUT2D eigenvalue weighted by molar-refractivity contribution is 0.103. The van der Waals surface area contributed by atoms with E-state index in [4.69, 9.17) is 0 Å². The van der Waals surface area contributed by atoms with E-state index >= 15 is 0 Å². The lowest BCUT2D eigenvalue weighted by Gasteiger charge is -2.39. The summed E-state index contributed by atoms with van der Waals surface area (Å²) >= 11 is 0. The predicted octanol–water partition coefficient (Wildman–Crippen LogP) is 3.86. The van der Waals surface area contributed by atoms with Crippen LogP contribution in [-0.2, 0) is 6.54 Å². The van der Waals surface area contributed by atoms with E-state index in [1.54, 1.807) is 0 Å². The van der Waals surface area contributed by atoms with E-state index in [9.17, 15) is 5.11 Å². The smallest absolute Gasteiger partial charge is 0.122 e. The monoisotopic (exact) mass is 259 g/mol. The van der Waals surface area contributed by atoms with Crippen molar-refractivity contribution in [2.24, 2.45) is 5.41 Å². The molecule has 1 saturated carbocycles. The molecule has 0 aromatic heterocycles. The van der Waals surface area contributed by atoms with E-state index in [1.165, 1.54) is 51.6 Å². The summed E-state index contributed by atoms with van der Waals surface area (Å²) in [5.41, 5.74) is 2.76. The molecule has 0 bridgehead atoms. The molecule has 3 rings (SSSR count). The number of phenols is 1. The second-order valence-electron chi connectivity index (χ2n) is 6.57. The van der Waals surface area contributed by atoms with Crippen molar-refractivity contribution < 1.29 is 5.11 Å². The molecule has 2 aliphatic rings. The van der Waals surface area contributed by atoms with Crippen LogP contribution < -0.4 is 0 Å². The molecular formula is C17H25NO. The standard InChI is InChI=1S/C17H25NO/c1-14-5-4-6-15(16(14)19)13-18-11-9-17(10-12-18)7-2-3-8-17/h4-6,19H,2-3,7-13H2,1H3. The molecule has 1 spiro atoms. The number of piperidine rings is 1. The van der Waals surface area contributed by atoms with Crippen molar-refractivity contribution >= 4 is 0 Å². The number of phenolic OH excluding ortho intramolecular Hbond substituents is 1. The largest absolute Gasteiger partial charge is 0.507 e. The number of likely N-dealkylation sites (tertiary alicyclic amines) is 1. The maximum Gasteiger partial charge on any atom is 0.122 e. The van der Waals surface area contributed by atoms with Gasteiger partial charge in [0.25, 0.3) is 0 Å². The average Bonchev–Trinajstić information content (AvgIpc) is 2.86. The maximum absolute atomic E-state index is 10.1. The second-order valence-corrected chi connectivity index (χ2v) is 6.57. The fourth-order valence-corrected chi connectivity index (χ4v) is 3.90. The van der Waals surface area contributed by atoms with Crippen LogP contribution in [0.1, 0.15) is 49.7 Å². The van der Waals surface area contributed by atoms with Crippen molar-refractivity contribution in [2.45, 2.75) is 52.0 Å².